The maximum absolute atomic E-state index is 11.3. The molecule has 2 rings (SSSR count). The number of aromatic carboxylic acids is 1. The molecule has 1 heterocycles. The van der Waals surface area contributed by atoms with Crippen molar-refractivity contribution in [1.29, 1.82) is 0 Å². The highest BCUT2D eigenvalue weighted by Crippen LogP contribution is 2.35. The summed E-state index contributed by atoms with van der Waals surface area (Å²) in [6.45, 7) is 1.79. The number of benzene rings is 1. The van der Waals surface area contributed by atoms with E-state index in [4.69, 9.17) is 5.11 Å². The zero-order valence-electron chi connectivity index (χ0n) is 7.98. The average Bonchev–Trinajstić information content (AvgIpc) is 2.19. The molecule has 0 fully saturated rings. The van der Waals surface area contributed by atoms with Crippen LogP contribution < -0.4 is 5.32 Å². The molecule has 0 aliphatic carbocycles. The fourth-order valence-corrected chi connectivity index (χ4v) is 2.32. The third kappa shape index (κ3) is 1.83. The molecule has 0 radical (unpaired) electrons. The lowest BCUT2D eigenvalue weighted by Gasteiger charge is -2.21. The van der Waals surface area contributed by atoms with E-state index in [1.807, 2.05) is 0 Å². The minimum Gasteiger partial charge on any atom is -0.478 e. The average molecular weight is 223 g/mol. The maximum atomic E-state index is 11.3. The molecular formula is C10H9NO3S. The van der Waals surface area contributed by atoms with Crippen molar-refractivity contribution in [3.8, 4) is 0 Å². The first-order valence-corrected chi connectivity index (χ1v) is 5.31. The summed E-state index contributed by atoms with van der Waals surface area (Å²) in [6.07, 6.45) is 0. The molecular weight excluding hydrogens is 214 g/mol. The smallest absolute Gasteiger partial charge is 0.335 e. The van der Waals surface area contributed by atoms with E-state index in [-0.39, 0.29) is 16.7 Å². The molecule has 2 N–H and O–H groups in total. The Kier molecular flexibility index (Phi) is 2.40. The van der Waals surface area contributed by atoms with E-state index in [9.17, 15) is 9.59 Å². The van der Waals surface area contributed by atoms with Crippen LogP contribution in [0.3, 0.4) is 0 Å². The van der Waals surface area contributed by atoms with Crippen molar-refractivity contribution in [1.82, 2.24) is 0 Å². The maximum Gasteiger partial charge on any atom is 0.335 e. The Bertz CT molecular complexity index is 444. The first-order valence-electron chi connectivity index (χ1n) is 4.43. The van der Waals surface area contributed by atoms with Gasteiger partial charge in [0.2, 0.25) is 5.91 Å². The standard InChI is InChI=1S/C10H9NO3S/c1-5-9(12)11-7-3-2-6(10(13)14)4-8(7)15-5/h2-5H,1H3,(H,11,12)(H,13,14). The summed E-state index contributed by atoms with van der Waals surface area (Å²) >= 11 is 1.38. The molecule has 4 nitrogen and oxygen atoms in total. The van der Waals surface area contributed by atoms with Crippen LogP contribution in [0.25, 0.3) is 0 Å². The van der Waals surface area contributed by atoms with E-state index < -0.39 is 5.97 Å². The third-order valence-corrected chi connectivity index (χ3v) is 3.32. The van der Waals surface area contributed by atoms with Crippen LogP contribution in [-0.4, -0.2) is 22.2 Å². The van der Waals surface area contributed by atoms with Gasteiger partial charge >= 0.3 is 5.97 Å². The van der Waals surface area contributed by atoms with Crippen molar-refractivity contribution < 1.29 is 14.7 Å². The fourth-order valence-electron chi connectivity index (χ4n) is 1.33. The van der Waals surface area contributed by atoms with E-state index >= 15 is 0 Å². The Morgan fingerprint density at radius 2 is 2.27 bits per heavy atom. The van der Waals surface area contributed by atoms with E-state index in [0.29, 0.717) is 5.69 Å². The van der Waals surface area contributed by atoms with Crippen LogP contribution in [0.5, 0.6) is 0 Å². The monoisotopic (exact) mass is 223 g/mol. The molecule has 78 valence electrons. The molecule has 1 aliphatic rings. The lowest BCUT2D eigenvalue weighted by atomic mass is 10.2. The van der Waals surface area contributed by atoms with E-state index in [0.717, 1.165) is 4.90 Å². The van der Waals surface area contributed by atoms with Crippen molar-refractivity contribution in [3.63, 3.8) is 0 Å². The predicted molar refractivity (Wildman–Crippen MR) is 57.4 cm³/mol. The van der Waals surface area contributed by atoms with Crippen molar-refractivity contribution in [2.24, 2.45) is 0 Å². The van der Waals surface area contributed by atoms with Crippen molar-refractivity contribution in [2.45, 2.75) is 17.1 Å². The molecule has 0 saturated carbocycles. The third-order valence-electron chi connectivity index (χ3n) is 2.16. The van der Waals surface area contributed by atoms with E-state index in [1.54, 1.807) is 19.1 Å². The Morgan fingerprint density at radius 3 is 2.93 bits per heavy atom. The normalized spacial score (nSPS) is 19.3. The number of fused-ring (bicyclic) bond motifs is 1. The number of amides is 1. The van der Waals surface area contributed by atoms with Gasteiger partial charge in [-0.25, -0.2) is 4.79 Å². The van der Waals surface area contributed by atoms with Gasteiger partial charge in [-0.1, -0.05) is 0 Å². The van der Waals surface area contributed by atoms with Gasteiger partial charge < -0.3 is 10.4 Å². The van der Waals surface area contributed by atoms with E-state index in [2.05, 4.69) is 5.32 Å². The molecule has 0 bridgehead atoms. The second-order valence-electron chi connectivity index (χ2n) is 3.27. The van der Waals surface area contributed by atoms with Gasteiger partial charge in [0.15, 0.2) is 0 Å². The first-order chi connectivity index (χ1) is 7.08. The van der Waals surface area contributed by atoms with Crippen LogP contribution in [0.1, 0.15) is 17.3 Å². The van der Waals surface area contributed by atoms with Gasteiger partial charge in [-0.2, -0.15) is 0 Å². The zero-order chi connectivity index (χ0) is 11.0. The zero-order valence-corrected chi connectivity index (χ0v) is 8.80. The summed E-state index contributed by atoms with van der Waals surface area (Å²) in [5.41, 5.74) is 0.928. The first kappa shape index (κ1) is 10.0. The highest BCUT2D eigenvalue weighted by atomic mass is 32.2. The van der Waals surface area contributed by atoms with Crippen molar-refractivity contribution in [3.05, 3.63) is 23.8 Å². The van der Waals surface area contributed by atoms with Crippen LogP contribution >= 0.6 is 11.8 Å². The van der Waals surface area contributed by atoms with Gasteiger partial charge in [-0.3, -0.25) is 4.79 Å². The number of carbonyl (C=O) groups excluding carboxylic acids is 1. The number of hydrogen-bond donors (Lipinski definition) is 2. The molecule has 1 atom stereocenters. The molecule has 0 saturated heterocycles. The summed E-state index contributed by atoms with van der Waals surface area (Å²) in [7, 11) is 0. The molecule has 1 aromatic rings. The summed E-state index contributed by atoms with van der Waals surface area (Å²) in [5.74, 6) is -1.00. The van der Waals surface area contributed by atoms with Crippen LogP contribution in [0.15, 0.2) is 23.1 Å². The molecule has 15 heavy (non-hydrogen) atoms. The van der Waals surface area contributed by atoms with Gasteiger partial charge in [-0.05, 0) is 25.1 Å². The Labute approximate surface area is 90.7 Å². The molecule has 1 aromatic carbocycles. The van der Waals surface area contributed by atoms with Gasteiger partial charge in [0.25, 0.3) is 0 Å². The predicted octanol–water partition coefficient (Wildman–Crippen LogP) is 1.82. The SMILES string of the molecule is CC1Sc2cc(C(=O)O)ccc2NC1=O. The van der Waals surface area contributed by atoms with Crippen LogP contribution in [-0.2, 0) is 4.79 Å². The van der Waals surface area contributed by atoms with Gasteiger partial charge in [-0.15, -0.1) is 11.8 Å². The fraction of sp³-hybridized carbons (Fsp3) is 0.200. The minimum atomic E-state index is -0.956. The van der Waals surface area contributed by atoms with Crippen molar-refractivity contribution in [2.75, 3.05) is 5.32 Å². The summed E-state index contributed by atoms with van der Waals surface area (Å²) in [4.78, 5) is 22.9. The molecule has 5 heteroatoms. The lowest BCUT2D eigenvalue weighted by molar-refractivity contribution is -0.115. The number of hydrogen-bond acceptors (Lipinski definition) is 3. The largest absolute Gasteiger partial charge is 0.478 e. The number of rotatable bonds is 1. The van der Waals surface area contributed by atoms with E-state index in [1.165, 1.54) is 17.8 Å². The molecule has 1 unspecified atom stereocenters. The van der Waals surface area contributed by atoms with Crippen LogP contribution in [0.2, 0.25) is 0 Å². The minimum absolute atomic E-state index is 0.0458. The van der Waals surface area contributed by atoms with Crippen molar-refractivity contribution >= 4 is 29.3 Å². The second-order valence-corrected chi connectivity index (χ2v) is 4.65. The Morgan fingerprint density at radius 1 is 1.53 bits per heavy atom. The molecule has 0 aromatic heterocycles. The highest BCUT2D eigenvalue weighted by Gasteiger charge is 2.23. The number of carboxylic acids is 1. The van der Waals surface area contributed by atoms with Gasteiger partial charge in [0.05, 0.1) is 16.5 Å². The van der Waals surface area contributed by atoms with Gasteiger partial charge in [0.1, 0.15) is 0 Å². The summed E-state index contributed by atoms with van der Waals surface area (Å²) < 4.78 is 0. The molecule has 0 spiro atoms. The van der Waals surface area contributed by atoms with Crippen LogP contribution in [0.4, 0.5) is 5.69 Å². The molecule has 1 amide bonds. The number of thioether (sulfide) groups is 1. The second kappa shape index (κ2) is 3.58. The number of nitrogens with one attached hydrogen (secondary N) is 1. The van der Waals surface area contributed by atoms with Crippen LogP contribution in [0, 0.1) is 0 Å². The molecule has 1 aliphatic heterocycles. The number of carboxylic acid groups (broad SMARTS) is 1. The number of carbonyl (C=O) groups is 2. The summed E-state index contributed by atoms with van der Waals surface area (Å²) in [6, 6.07) is 4.69. The Balaban J connectivity index is 2.41. The quantitative estimate of drug-likeness (QED) is 0.762. The van der Waals surface area contributed by atoms with Gasteiger partial charge in [0, 0.05) is 4.90 Å². The summed E-state index contributed by atoms with van der Waals surface area (Å²) in [5, 5.41) is 11.4. The lowest BCUT2D eigenvalue weighted by Crippen LogP contribution is -2.26. The highest BCUT2D eigenvalue weighted by molar-refractivity contribution is 8.00. The topological polar surface area (TPSA) is 66.4 Å². The Hall–Kier alpha value is -1.49. The number of anilines is 1.